The molecule has 3 aromatic rings. The molecule has 148 valence electrons. The van der Waals surface area contributed by atoms with Crippen molar-refractivity contribution in [1.29, 1.82) is 0 Å². The fraction of sp³-hybridized carbons (Fsp3) is 0.227. The number of hydrogen-bond donors (Lipinski definition) is 2. The van der Waals surface area contributed by atoms with Gasteiger partial charge in [-0.15, -0.1) is 0 Å². The molecule has 0 atom stereocenters. The van der Waals surface area contributed by atoms with Gasteiger partial charge in [0, 0.05) is 23.5 Å². The van der Waals surface area contributed by atoms with E-state index in [0.29, 0.717) is 36.3 Å². The average Bonchev–Trinajstić information content (AvgIpc) is 2.73. The van der Waals surface area contributed by atoms with Crippen LogP contribution in [-0.4, -0.2) is 29.1 Å². The summed E-state index contributed by atoms with van der Waals surface area (Å²) >= 11 is 0. The first-order valence-corrected chi connectivity index (χ1v) is 9.54. The lowest BCUT2D eigenvalue weighted by atomic mass is 10.1. The molecule has 0 fully saturated rings. The fourth-order valence-corrected chi connectivity index (χ4v) is 3.15. The van der Waals surface area contributed by atoms with Crippen LogP contribution >= 0.6 is 0 Å². The molecule has 0 aliphatic carbocycles. The second kappa shape index (κ2) is 8.18. The Hall–Kier alpha value is -3.61. The predicted molar refractivity (Wildman–Crippen MR) is 111 cm³/mol. The first-order chi connectivity index (χ1) is 14.1. The molecular formula is C22H22N4O3. The van der Waals surface area contributed by atoms with Gasteiger partial charge in [-0.05, 0) is 37.1 Å². The number of anilines is 3. The molecular weight excluding hydrogens is 368 g/mol. The SMILES string of the molecule is CCc1ccccc1NC(=O)c1cc(Nc2ccc3c(c2)OCCO3)nc(C)n1. The topological polar surface area (TPSA) is 85.4 Å². The van der Waals surface area contributed by atoms with E-state index in [1.165, 1.54) is 0 Å². The number of carbonyl (C=O) groups is 1. The number of benzene rings is 2. The van der Waals surface area contributed by atoms with E-state index in [2.05, 4.69) is 27.5 Å². The highest BCUT2D eigenvalue weighted by Crippen LogP contribution is 2.33. The molecule has 0 saturated carbocycles. The number of carbonyl (C=O) groups excluding carboxylic acids is 1. The number of aromatic nitrogens is 2. The van der Waals surface area contributed by atoms with Gasteiger partial charge in [-0.3, -0.25) is 4.79 Å². The van der Waals surface area contributed by atoms with Gasteiger partial charge in [0.25, 0.3) is 5.91 Å². The van der Waals surface area contributed by atoms with Crippen LogP contribution in [0.5, 0.6) is 11.5 Å². The quantitative estimate of drug-likeness (QED) is 0.682. The van der Waals surface area contributed by atoms with Gasteiger partial charge < -0.3 is 20.1 Å². The molecule has 0 bridgehead atoms. The summed E-state index contributed by atoms with van der Waals surface area (Å²) in [5.74, 6) is 2.16. The van der Waals surface area contributed by atoms with Gasteiger partial charge in [0.05, 0.1) is 0 Å². The van der Waals surface area contributed by atoms with E-state index in [4.69, 9.17) is 9.47 Å². The third kappa shape index (κ3) is 4.29. The number of nitrogens with zero attached hydrogens (tertiary/aromatic N) is 2. The van der Waals surface area contributed by atoms with Crippen molar-refractivity contribution in [3.8, 4) is 11.5 Å². The minimum Gasteiger partial charge on any atom is -0.486 e. The van der Waals surface area contributed by atoms with E-state index in [-0.39, 0.29) is 5.91 Å². The molecule has 2 N–H and O–H groups in total. The lowest BCUT2D eigenvalue weighted by Gasteiger charge is -2.19. The number of para-hydroxylation sites is 1. The largest absolute Gasteiger partial charge is 0.486 e. The fourth-order valence-electron chi connectivity index (χ4n) is 3.15. The molecule has 29 heavy (non-hydrogen) atoms. The van der Waals surface area contributed by atoms with Gasteiger partial charge in [0.15, 0.2) is 11.5 Å². The molecule has 0 spiro atoms. The van der Waals surface area contributed by atoms with Crippen LogP contribution in [0.4, 0.5) is 17.2 Å². The standard InChI is InChI=1S/C22H22N4O3/c1-3-15-6-4-5-7-17(15)26-22(27)18-13-21(24-14(2)23-18)25-16-8-9-19-20(12-16)29-11-10-28-19/h4-9,12-13H,3,10-11H2,1-2H3,(H,26,27)(H,23,24,25). The van der Waals surface area contributed by atoms with Gasteiger partial charge >= 0.3 is 0 Å². The van der Waals surface area contributed by atoms with Gasteiger partial charge in [-0.2, -0.15) is 0 Å². The van der Waals surface area contributed by atoms with Crippen molar-refractivity contribution >= 4 is 23.1 Å². The van der Waals surface area contributed by atoms with Crippen molar-refractivity contribution in [2.45, 2.75) is 20.3 Å². The highest BCUT2D eigenvalue weighted by atomic mass is 16.6. The summed E-state index contributed by atoms with van der Waals surface area (Å²) in [5.41, 5.74) is 2.94. The summed E-state index contributed by atoms with van der Waals surface area (Å²) in [4.78, 5) is 21.4. The highest BCUT2D eigenvalue weighted by molar-refractivity contribution is 6.03. The molecule has 4 rings (SSSR count). The summed E-state index contributed by atoms with van der Waals surface area (Å²) in [6.07, 6.45) is 0.830. The lowest BCUT2D eigenvalue weighted by Crippen LogP contribution is -2.16. The average molecular weight is 390 g/mol. The van der Waals surface area contributed by atoms with E-state index in [1.807, 2.05) is 42.5 Å². The maximum atomic E-state index is 12.8. The number of rotatable bonds is 5. The van der Waals surface area contributed by atoms with Gasteiger partial charge in [0.1, 0.15) is 30.5 Å². The Morgan fingerprint density at radius 1 is 1.03 bits per heavy atom. The number of hydrogen-bond acceptors (Lipinski definition) is 6. The molecule has 0 radical (unpaired) electrons. The monoisotopic (exact) mass is 390 g/mol. The van der Waals surface area contributed by atoms with Crippen LogP contribution in [0.25, 0.3) is 0 Å². The van der Waals surface area contributed by atoms with Crippen LogP contribution in [-0.2, 0) is 6.42 Å². The minimum atomic E-state index is -0.276. The molecule has 1 amide bonds. The molecule has 2 heterocycles. The molecule has 1 aliphatic rings. The first kappa shape index (κ1) is 18.7. The Morgan fingerprint density at radius 2 is 1.83 bits per heavy atom. The Balaban J connectivity index is 1.55. The van der Waals surface area contributed by atoms with Gasteiger partial charge in [0.2, 0.25) is 0 Å². The summed E-state index contributed by atoms with van der Waals surface area (Å²) < 4.78 is 11.2. The predicted octanol–water partition coefficient (Wildman–Crippen LogP) is 4.11. The minimum absolute atomic E-state index is 0.276. The smallest absolute Gasteiger partial charge is 0.274 e. The zero-order valence-corrected chi connectivity index (χ0v) is 16.4. The second-order valence-electron chi connectivity index (χ2n) is 6.63. The second-order valence-corrected chi connectivity index (χ2v) is 6.63. The van der Waals surface area contributed by atoms with Crippen LogP contribution in [0.3, 0.4) is 0 Å². The lowest BCUT2D eigenvalue weighted by molar-refractivity contribution is 0.102. The number of aryl methyl sites for hydroxylation is 2. The van der Waals surface area contributed by atoms with Crippen LogP contribution in [0.15, 0.2) is 48.5 Å². The van der Waals surface area contributed by atoms with Crippen LogP contribution < -0.4 is 20.1 Å². The zero-order valence-electron chi connectivity index (χ0n) is 16.4. The van der Waals surface area contributed by atoms with Crippen molar-refractivity contribution in [2.75, 3.05) is 23.8 Å². The third-order valence-electron chi connectivity index (χ3n) is 4.53. The number of nitrogens with one attached hydrogen (secondary N) is 2. The molecule has 2 aromatic carbocycles. The van der Waals surface area contributed by atoms with Crippen molar-refractivity contribution in [2.24, 2.45) is 0 Å². The third-order valence-corrected chi connectivity index (χ3v) is 4.53. The van der Waals surface area contributed by atoms with E-state index in [9.17, 15) is 4.79 Å². The Kier molecular flexibility index (Phi) is 5.29. The normalized spacial score (nSPS) is 12.3. The summed E-state index contributed by atoms with van der Waals surface area (Å²) in [7, 11) is 0. The summed E-state index contributed by atoms with van der Waals surface area (Å²) in [6.45, 7) is 4.87. The molecule has 0 saturated heterocycles. The number of amides is 1. The van der Waals surface area contributed by atoms with Gasteiger partial charge in [-0.1, -0.05) is 25.1 Å². The Labute approximate surface area is 169 Å². The van der Waals surface area contributed by atoms with E-state index < -0.39 is 0 Å². The Bertz CT molecular complexity index is 1050. The summed E-state index contributed by atoms with van der Waals surface area (Å²) in [5, 5.41) is 6.15. The molecule has 1 aliphatic heterocycles. The zero-order chi connectivity index (χ0) is 20.2. The Morgan fingerprint density at radius 3 is 2.66 bits per heavy atom. The van der Waals surface area contributed by atoms with Crippen molar-refractivity contribution in [1.82, 2.24) is 9.97 Å². The number of fused-ring (bicyclic) bond motifs is 1. The van der Waals surface area contributed by atoms with Crippen LogP contribution in [0.2, 0.25) is 0 Å². The molecule has 0 unspecified atom stereocenters. The van der Waals surface area contributed by atoms with Crippen molar-refractivity contribution < 1.29 is 14.3 Å². The van der Waals surface area contributed by atoms with E-state index in [1.54, 1.807) is 13.0 Å². The molecule has 7 nitrogen and oxygen atoms in total. The van der Waals surface area contributed by atoms with E-state index >= 15 is 0 Å². The first-order valence-electron chi connectivity index (χ1n) is 9.54. The van der Waals surface area contributed by atoms with Gasteiger partial charge in [-0.25, -0.2) is 9.97 Å². The van der Waals surface area contributed by atoms with Crippen LogP contribution in [0, 0.1) is 6.92 Å². The maximum Gasteiger partial charge on any atom is 0.274 e. The van der Waals surface area contributed by atoms with Crippen LogP contribution in [0.1, 0.15) is 28.8 Å². The van der Waals surface area contributed by atoms with Crippen molar-refractivity contribution in [3.05, 3.63) is 65.6 Å². The van der Waals surface area contributed by atoms with E-state index in [0.717, 1.165) is 29.1 Å². The highest BCUT2D eigenvalue weighted by Gasteiger charge is 2.15. The maximum absolute atomic E-state index is 12.8. The number of ether oxygens (including phenoxy) is 2. The van der Waals surface area contributed by atoms with Crippen molar-refractivity contribution in [3.63, 3.8) is 0 Å². The molecule has 7 heteroatoms. The summed E-state index contributed by atoms with van der Waals surface area (Å²) in [6, 6.07) is 14.9. The molecule has 1 aromatic heterocycles.